The van der Waals surface area contributed by atoms with E-state index in [1.807, 2.05) is 63.2 Å². The van der Waals surface area contributed by atoms with Crippen molar-refractivity contribution in [3.63, 3.8) is 0 Å². The molecule has 0 heterocycles. The van der Waals surface area contributed by atoms with Crippen LogP contribution in [0.3, 0.4) is 0 Å². The molecule has 0 bridgehead atoms. The molecule has 3 aromatic carbocycles. The van der Waals surface area contributed by atoms with Crippen LogP contribution in [0.5, 0.6) is 5.75 Å². The number of nitrogens with one attached hydrogen (secondary N) is 2. The Hall–Kier alpha value is -4.33. The number of phenolic OH excluding ortho intramolecular Hbond substituents is 1. The van der Waals surface area contributed by atoms with Crippen molar-refractivity contribution in [2.24, 2.45) is 0 Å². The van der Waals surface area contributed by atoms with E-state index in [0.717, 1.165) is 40.7 Å². The third kappa shape index (κ3) is 9.59. The van der Waals surface area contributed by atoms with E-state index in [0.29, 0.717) is 18.7 Å². The van der Waals surface area contributed by atoms with E-state index in [1.165, 1.54) is 12.1 Å². The predicted octanol–water partition coefficient (Wildman–Crippen LogP) is 7.15. The number of unbranched alkanes of at least 4 members (excludes halogenated alkanes) is 2. The van der Waals surface area contributed by atoms with Crippen LogP contribution in [0.2, 0.25) is 0 Å². The quantitative estimate of drug-likeness (QED) is 0.191. The fourth-order valence-corrected chi connectivity index (χ4v) is 5.05. The summed E-state index contributed by atoms with van der Waals surface area (Å²) in [6, 6.07) is 17.8. The van der Waals surface area contributed by atoms with Crippen molar-refractivity contribution in [3.05, 3.63) is 94.5 Å². The topological polar surface area (TPSA) is 108 Å². The van der Waals surface area contributed by atoms with Gasteiger partial charge in [0.15, 0.2) is 0 Å². The molecule has 2 atom stereocenters. The van der Waals surface area contributed by atoms with Crippen LogP contribution in [-0.4, -0.2) is 46.1 Å². The minimum absolute atomic E-state index is 0.0979. The zero-order valence-electron chi connectivity index (χ0n) is 27.1. The summed E-state index contributed by atoms with van der Waals surface area (Å²) >= 11 is 0. The molecule has 3 rings (SSSR count). The molecular formula is C36H47N3O5. The van der Waals surface area contributed by atoms with Gasteiger partial charge in [-0.3, -0.25) is 9.59 Å². The molecule has 0 saturated carbocycles. The average Bonchev–Trinajstić information content (AvgIpc) is 2.95. The standard InChI is InChI=1S/C36H47N3O5/c1-8-9-12-22-39(34(42)31(38-35(43)44-36(5,6)7)23-27-18-20-28(40)21-19-27)32(29-16-13-15-24(2)26(29)4)33(41)37-30-17-11-10-14-25(30)3/h10-11,13-21,31-32,40H,8-9,12,22-23H2,1-7H3,(H,37,41)(H,38,43). The molecule has 0 fully saturated rings. The van der Waals surface area contributed by atoms with Crippen molar-refractivity contribution in [2.45, 2.75) is 91.8 Å². The number of para-hydroxylation sites is 1. The minimum atomic E-state index is -1.03. The van der Waals surface area contributed by atoms with Gasteiger partial charge in [-0.05, 0) is 94.0 Å². The highest BCUT2D eigenvalue weighted by Gasteiger charge is 2.37. The number of hydrogen-bond acceptors (Lipinski definition) is 5. The lowest BCUT2D eigenvalue weighted by Crippen LogP contribution is -2.53. The molecule has 2 unspecified atom stereocenters. The van der Waals surface area contributed by atoms with Crippen molar-refractivity contribution in [1.82, 2.24) is 10.2 Å². The molecule has 0 aliphatic rings. The van der Waals surface area contributed by atoms with Gasteiger partial charge >= 0.3 is 6.09 Å². The van der Waals surface area contributed by atoms with Crippen molar-refractivity contribution < 1.29 is 24.2 Å². The molecule has 0 aromatic heterocycles. The van der Waals surface area contributed by atoms with E-state index >= 15 is 0 Å². The highest BCUT2D eigenvalue weighted by Crippen LogP contribution is 2.30. The van der Waals surface area contributed by atoms with E-state index in [9.17, 15) is 19.5 Å². The van der Waals surface area contributed by atoms with Gasteiger partial charge in [0.2, 0.25) is 5.91 Å². The summed E-state index contributed by atoms with van der Waals surface area (Å²) in [6.07, 6.45) is 1.89. The van der Waals surface area contributed by atoms with Gasteiger partial charge in [-0.1, -0.05) is 68.3 Å². The van der Waals surface area contributed by atoms with E-state index in [-0.39, 0.29) is 18.1 Å². The van der Waals surface area contributed by atoms with Crippen molar-refractivity contribution >= 4 is 23.6 Å². The Morgan fingerprint density at radius 2 is 1.55 bits per heavy atom. The summed E-state index contributed by atoms with van der Waals surface area (Å²) in [5.41, 5.74) is 4.18. The van der Waals surface area contributed by atoms with Crippen LogP contribution in [0.1, 0.15) is 80.8 Å². The number of ether oxygens (including phenoxy) is 1. The molecule has 8 heteroatoms. The molecule has 0 aliphatic carbocycles. The van der Waals surface area contributed by atoms with Crippen LogP contribution in [0, 0.1) is 20.8 Å². The summed E-state index contributed by atoms with van der Waals surface area (Å²) in [5, 5.41) is 15.7. The normalized spacial score (nSPS) is 12.6. The van der Waals surface area contributed by atoms with Gasteiger partial charge in [0.1, 0.15) is 23.4 Å². The number of amides is 3. The van der Waals surface area contributed by atoms with Gasteiger partial charge in [0, 0.05) is 18.7 Å². The first-order valence-electron chi connectivity index (χ1n) is 15.3. The number of rotatable bonds is 12. The van der Waals surface area contributed by atoms with Crippen LogP contribution in [0.25, 0.3) is 0 Å². The number of phenols is 1. The zero-order chi connectivity index (χ0) is 32.4. The van der Waals surface area contributed by atoms with Gasteiger partial charge in [0.25, 0.3) is 5.91 Å². The average molecular weight is 602 g/mol. The molecule has 0 radical (unpaired) electrons. The highest BCUT2D eigenvalue weighted by molar-refractivity contribution is 5.99. The Kier molecular flexibility index (Phi) is 12.0. The second-order valence-electron chi connectivity index (χ2n) is 12.3. The molecule has 0 spiro atoms. The van der Waals surface area contributed by atoms with E-state index in [2.05, 4.69) is 17.6 Å². The lowest BCUT2D eigenvalue weighted by molar-refractivity contribution is -0.140. The van der Waals surface area contributed by atoms with Crippen LogP contribution < -0.4 is 10.6 Å². The second kappa shape index (κ2) is 15.4. The number of carbonyl (C=O) groups is 3. The van der Waals surface area contributed by atoms with E-state index < -0.39 is 29.7 Å². The SMILES string of the molecule is CCCCCN(C(=O)C(Cc1ccc(O)cc1)NC(=O)OC(C)(C)C)C(C(=O)Nc1ccccc1C)c1cccc(C)c1C. The Labute approximate surface area is 261 Å². The molecule has 8 nitrogen and oxygen atoms in total. The molecule has 0 aliphatic heterocycles. The van der Waals surface area contributed by atoms with Crippen molar-refractivity contribution in [2.75, 3.05) is 11.9 Å². The molecule has 3 amide bonds. The molecular weight excluding hydrogens is 554 g/mol. The maximum Gasteiger partial charge on any atom is 0.408 e. The molecule has 44 heavy (non-hydrogen) atoms. The lowest BCUT2D eigenvalue weighted by atomic mass is 9.94. The van der Waals surface area contributed by atoms with E-state index in [1.54, 1.807) is 37.8 Å². The maximum atomic E-state index is 14.7. The largest absolute Gasteiger partial charge is 0.508 e. The molecule has 3 N–H and O–H groups in total. The molecule has 236 valence electrons. The zero-order valence-corrected chi connectivity index (χ0v) is 27.1. The second-order valence-corrected chi connectivity index (χ2v) is 12.3. The smallest absolute Gasteiger partial charge is 0.408 e. The Bertz CT molecular complexity index is 1430. The lowest BCUT2D eigenvalue weighted by Gasteiger charge is -2.35. The number of alkyl carbamates (subject to hydrolysis) is 1. The third-order valence-electron chi connectivity index (χ3n) is 7.55. The number of aryl methyl sites for hydroxylation is 2. The number of nitrogens with zero attached hydrogens (tertiary/aromatic N) is 1. The highest BCUT2D eigenvalue weighted by atomic mass is 16.6. The third-order valence-corrected chi connectivity index (χ3v) is 7.55. The fraction of sp³-hybridized carbons (Fsp3) is 0.417. The van der Waals surface area contributed by atoms with Crippen molar-refractivity contribution in [3.8, 4) is 5.75 Å². The van der Waals surface area contributed by atoms with Crippen LogP contribution in [0.15, 0.2) is 66.7 Å². The van der Waals surface area contributed by atoms with Crippen LogP contribution in [-0.2, 0) is 20.7 Å². The van der Waals surface area contributed by atoms with Gasteiger partial charge in [-0.25, -0.2) is 4.79 Å². The van der Waals surface area contributed by atoms with Crippen molar-refractivity contribution in [1.29, 1.82) is 0 Å². The number of hydrogen-bond donors (Lipinski definition) is 3. The first kappa shape index (κ1) is 34.2. The fourth-order valence-electron chi connectivity index (χ4n) is 5.05. The van der Waals surface area contributed by atoms with Gasteiger partial charge < -0.3 is 25.4 Å². The van der Waals surface area contributed by atoms with Crippen LogP contribution in [0.4, 0.5) is 10.5 Å². The molecule has 3 aromatic rings. The predicted molar refractivity (Wildman–Crippen MR) is 175 cm³/mol. The molecule has 0 saturated heterocycles. The number of benzene rings is 3. The summed E-state index contributed by atoms with van der Waals surface area (Å²) in [5.74, 6) is -0.634. The number of anilines is 1. The number of carbonyl (C=O) groups excluding carboxylic acids is 3. The first-order valence-corrected chi connectivity index (χ1v) is 15.3. The van der Waals surface area contributed by atoms with Gasteiger partial charge in [-0.15, -0.1) is 0 Å². The Balaban J connectivity index is 2.12. The maximum absolute atomic E-state index is 14.7. The summed E-state index contributed by atoms with van der Waals surface area (Å²) in [6.45, 7) is 13.5. The van der Waals surface area contributed by atoms with Gasteiger partial charge in [0.05, 0.1) is 0 Å². The first-order chi connectivity index (χ1) is 20.8. The van der Waals surface area contributed by atoms with Gasteiger partial charge in [-0.2, -0.15) is 0 Å². The summed E-state index contributed by atoms with van der Waals surface area (Å²) < 4.78 is 5.53. The number of aromatic hydroxyl groups is 1. The summed E-state index contributed by atoms with van der Waals surface area (Å²) in [7, 11) is 0. The Morgan fingerprint density at radius 3 is 2.18 bits per heavy atom. The van der Waals surface area contributed by atoms with Crippen LogP contribution >= 0.6 is 0 Å². The van der Waals surface area contributed by atoms with E-state index in [4.69, 9.17) is 4.74 Å². The summed E-state index contributed by atoms with van der Waals surface area (Å²) in [4.78, 5) is 43.6. The minimum Gasteiger partial charge on any atom is -0.508 e. The Morgan fingerprint density at radius 1 is 0.886 bits per heavy atom. The monoisotopic (exact) mass is 601 g/mol.